The molecule has 29 heavy (non-hydrogen) atoms. The molecule has 1 aliphatic rings. The van der Waals surface area contributed by atoms with E-state index in [0.29, 0.717) is 5.57 Å². The Kier molecular flexibility index (Phi) is 4.03. The summed E-state index contributed by atoms with van der Waals surface area (Å²) < 4.78 is 0. The predicted molar refractivity (Wildman–Crippen MR) is 118 cm³/mol. The number of hydrogen-bond donors (Lipinski definition) is 3. The Morgan fingerprint density at radius 2 is 1.55 bits per heavy atom. The minimum absolute atomic E-state index is 0.138. The molecule has 0 radical (unpaired) electrons. The number of carbonyl (C=O) groups excluding carboxylic acids is 1. The highest BCUT2D eigenvalue weighted by atomic mass is 16.3. The summed E-state index contributed by atoms with van der Waals surface area (Å²) in [6, 6.07) is 27.1. The number of benzene rings is 4. The number of hydrogen-bond acceptors (Lipinski definition) is 3. The van der Waals surface area contributed by atoms with Gasteiger partial charge >= 0.3 is 0 Å². The first-order valence-corrected chi connectivity index (χ1v) is 9.39. The number of rotatable bonds is 3. The van der Waals surface area contributed by atoms with Crippen molar-refractivity contribution in [1.29, 1.82) is 0 Å². The van der Waals surface area contributed by atoms with E-state index in [4.69, 9.17) is 0 Å². The number of anilines is 2. The van der Waals surface area contributed by atoms with E-state index in [-0.39, 0.29) is 11.7 Å². The molecule has 4 heteroatoms. The van der Waals surface area contributed by atoms with Gasteiger partial charge in [0.15, 0.2) is 0 Å². The molecule has 0 aromatic heterocycles. The SMILES string of the molecule is O=C1Nc2cc(-c3ccccc3)ccc2/C1=C\Nc1ccc(O)c2ccccc12. The number of aromatic hydroxyl groups is 1. The lowest BCUT2D eigenvalue weighted by Crippen LogP contribution is -2.05. The fourth-order valence-electron chi connectivity index (χ4n) is 3.71. The highest BCUT2D eigenvalue weighted by Crippen LogP contribution is 2.36. The number of phenolic OH excluding ortho intramolecular Hbond substituents is 1. The number of fused-ring (bicyclic) bond motifs is 2. The summed E-state index contributed by atoms with van der Waals surface area (Å²) in [5.41, 5.74) is 5.24. The second-order valence-corrected chi connectivity index (χ2v) is 6.96. The van der Waals surface area contributed by atoms with Crippen LogP contribution in [0.5, 0.6) is 5.75 Å². The first-order valence-electron chi connectivity index (χ1n) is 9.39. The standard InChI is InChI=1S/C25H18N2O2/c28-24-13-12-22(18-8-4-5-9-20(18)24)26-15-21-19-11-10-17(14-23(19)27-25(21)29)16-6-2-1-3-7-16/h1-15,26,28H,(H,27,29)/b21-15+. The largest absolute Gasteiger partial charge is 0.507 e. The fourth-order valence-corrected chi connectivity index (χ4v) is 3.71. The predicted octanol–water partition coefficient (Wildman–Crippen LogP) is 5.62. The molecule has 1 amide bonds. The van der Waals surface area contributed by atoms with Crippen LogP contribution in [0.15, 0.2) is 91.1 Å². The molecule has 0 unspecified atom stereocenters. The Bertz CT molecular complexity index is 1280. The number of nitrogens with one attached hydrogen (secondary N) is 2. The summed E-state index contributed by atoms with van der Waals surface area (Å²) >= 11 is 0. The van der Waals surface area contributed by atoms with Gasteiger partial charge in [-0.05, 0) is 29.3 Å². The van der Waals surface area contributed by atoms with E-state index in [1.165, 1.54) is 0 Å². The smallest absolute Gasteiger partial charge is 0.257 e. The normalized spacial score (nSPS) is 14.1. The van der Waals surface area contributed by atoms with Gasteiger partial charge in [0.2, 0.25) is 0 Å². The molecule has 0 bridgehead atoms. The molecule has 0 saturated carbocycles. The zero-order valence-corrected chi connectivity index (χ0v) is 15.5. The Labute approximate surface area is 168 Å². The van der Waals surface area contributed by atoms with Crippen LogP contribution in [-0.2, 0) is 4.79 Å². The van der Waals surface area contributed by atoms with Gasteiger partial charge in [-0.2, -0.15) is 0 Å². The van der Waals surface area contributed by atoms with E-state index in [9.17, 15) is 9.90 Å². The van der Waals surface area contributed by atoms with Crippen molar-refractivity contribution in [2.75, 3.05) is 10.6 Å². The molecule has 0 spiro atoms. The minimum Gasteiger partial charge on any atom is -0.507 e. The second kappa shape index (κ2) is 6.84. The van der Waals surface area contributed by atoms with E-state index in [0.717, 1.165) is 38.8 Å². The molecule has 1 aliphatic heterocycles. The average Bonchev–Trinajstić information content (AvgIpc) is 3.08. The third kappa shape index (κ3) is 3.01. The molecule has 0 fully saturated rings. The third-order valence-corrected chi connectivity index (χ3v) is 5.18. The van der Waals surface area contributed by atoms with Gasteiger partial charge in [0.25, 0.3) is 5.91 Å². The van der Waals surface area contributed by atoms with Gasteiger partial charge in [0, 0.05) is 33.9 Å². The van der Waals surface area contributed by atoms with Crippen LogP contribution < -0.4 is 10.6 Å². The Morgan fingerprint density at radius 3 is 2.38 bits per heavy atom. The van der Waals surface area contributed by atoms with Gasteiger partial charge < -0.3 is 15.7 Å². The van der Waals surface area contributed by atoms with Crippen molar-refractivity contribution in [3.63, 3.8) is 0 Å². The van der Waals surface area contributed by atoms with Crippen molar-refractivity contribution in [2.45, 2.75) is 0 Å². The maximum atomic E-state index is 12.6. The summed E-state index contributed by atoms with van der Waals surface area (Å²) in [4.78, 5) is 12.6. The van der Waals surface area contributed by atoms with Crippen LogP contribution >= 0.6 is 0 Å². The molecule has 0 saturated heterocycles. The van der Waals surface area contributed by atoms with E-state index in [1.54, 1.807) is 18.3 Å². The second-order valence-electron chi connectivity index (χ2n) is 6.96. The van der Waals surface area contributed by atoms with Crippen LogP contribution in [0, 0.1) is 0 Å². The lowest BCUT2D eigenvalue weighted by molar-refractivity contribution is -0.110. The Hall–Kier alpha value is -4.05. The van der Waals surface area contributed by atoms with Gasteiger partial charge in [-0.15, -0.1) is 0 Å². The van der Waals surface area contributed by atoms with Crippen molar-refractivity contribution in [2.24, 2.45) is 0 Å². The minimum atomic E-state index is -0.138. The molecule has 4 aromatic carbocycles. The Morgan fingerprint density at radius 1 is 0.793 bits per heavy atom. The van der Waals surface area contributed by atoms with Crippen molar-refractivity contribution < 1.29 is 9.90 Å². The van der Waals surface area contributed by atoms with Crippen LogP contribution in [0.2, 0.25) is 0 Å². The molecule has 4 nitrogen and oxygen atoms in total. The average molecular weight is 378 g/mol. The van der Waals surface area contributed by atoms with Gasteiger partial charge in [0.05, 0.1) is 5.57 Å². The van der Waals surface area contributed by atoms with E-state index >= 15 is 0 Å². The molecule has 5 rings (SSSR count). The quantitative estimate of drug-likeness (QED) is 0.320. The van der Waals surface area contributed by atoms with Crippen molar-refractivity contribution in [1.82, 2.24) is 0 Å². The van der Waals surface area contributed by atoms with Crippen LogP contribution in [0.25, 0.3) is 27.5 Å². The number of amides is 1. The van der Waals surface area contributed by atoms with E-state index in [2.05, 4.69) is 10.6 Å². The van der Waals surface area contributed by atoms with E-state index in [1.807, 2.05) is 72.8 Å². The van der Waals surface area contributed by atoms with Crippen molar-refractivity contribution in [3.05, 3.63) is 96.7 Å². The van der Waals surface area contributed by atoms with Crippen molar-refractivity contribution >= 4 is 33.6 Å². The van der Waals surface area contributed by atoms with Crippen LogP contribution in [0.4, 0.5) is 11.4 Å². The monoisotopic (exact) mass is 378 g/mol. The molecule has 0 atom stereocenters. The summed E-state index contributed by atoms with van der Waals surface area (Å²) in [5.74, 6) is 0.0944. The molecular formula is C25H18N2O2. The van der Waals surface area contributed by atoms with Gasteiger partial charge in [-0.3, -0.25) is 4.79 Å². The lowest BCUT2D eigenvalue weighted by Gasteiger charge is -2.09. The highest BCUT2D eigenvalue weighted by Gasteiger charge is 2.24. The third-order valence-electron chi connectivity index (χ3n) is 5.18. The fraction of sp³-hybridized carbons (Fsp3) is 0. The van der Waals surface area contributed by atoms with E-state index < -0.39 is 0 Å². The maximum absolute atomic E-state index is 12.6. The summed E-state index contributed by atoms with van der Waals surface area (Å²) in [5, 5.41) is 17.9. The summed E-state index contributed by atoms with van der Waals surface area (Å²) in [6.45, 7) is 0. The van der Waals surface area contributed by atoms with Crippen LogP contribution in [0.1, 0.15) is 5.56 Å². The Balaban J connectivity index is 1.50. The summed E-state index contributed by atoms with van der Waals surface area (Å²) in [7, 11) is 0. The first kappa shape index (κ1) is 17.1. The molecule has 4 aromatic rings. The molecule has 140 valence electrons. The lowest BCUT2D eigenvalue weighted by atomic mass is 10.0. The number of carbonyl (C=O) groups is 1. The van der Waals surface area contributed by atoms with Gasteiger partial charge in [0.1, 0.15) is 5.75 Å². The van der Waals surface area contributed by atoms with Crippen molar-refractivity contribution in [3.8, 4) is 16.9 Å². The number of phenols is 1. The maximum Gasteiger partial charge on any atom is 0.257 e. The zero-order valence-electron chi connectivity index (χ0n) is 15.5. The molecule has 1 heterocycles. The molecule has 3 N–H and O–H groups in total. The summed E-state index contributed by atoms with van der Waals surface area (Å²) in [6.07, 6.45) is 1.72. The highest BCUT2D eigenvalue weighted by molar-refractivity contribution is 6.32. The molecule has 0 aliphatic carbocycles. The van der Waals surface area contributed by atoms with Crippen LogP contribution in [-0.4, -0.2) is 11.0 Å². The zero-order chi connectivity index (χ0) is 19.8. The molecular weight excluding hydrogens is 360 g/mol. The van der Waals surface area contributed by atoms with Gasteiger partial charge in [-0.25, -0.2) is 0 Å². The topological polar surface area (TPSA) is 61.4 Å². The first-order chi connectivity index (χ1) is 14.2. The van der Waals surface area contributed by atoms with Crippen LogP contribution in [0.3, 0.4) is 0 Å². The van der Waals surface area contributed by atoms with Gasteiger partial charge in [-0.1, -0.05) is 66.7 Å².